The number of carbonyl (C=O) groups is 1. The molecule has 2 heterocycles. The predicted molar refractivity (Wildman–Crippen MR) is 103 cm³/mol. The van der Waals surface area contributed by atoms with Gasteiger partial charge in [-0.2, -0.15) is 11.8 Å². The molecule has 3 rings (SSSR count). The van der Waals surface area contributed by atoms with Crippen LogP contribution in [0.4, 0.5) is 0 Å². The van der Waals surface area contributed by atoms with Crippen LogP contribution < -0.4 is 4.74 Å². The van der Waals surface area contributed by atoms with Gasteiger partial charge in [-0.25, -0.2) is 0 Å². The first-order valence-corrected chi connectivity index (χ1v) is 9.95. The van der Waals surface area contributed by atoms with Gasteiger partial charge >= 0.3 is 0 Å². The first-order chi connectivity index (χ1) is 11.8. The fourth-order valence-electron chi connectivity index (χ4n) is 2.68. The fraction of sp³-hybridized carbons (Fsp3) is 0.316. The molecule has 0 aliphatic carbocycles. The van der Waals surface area contributed by atoms with E-state index in [9.17, 15) is 4.79 Å². The molecule has 0 N–H and O–H groups in total. The molecule has 3 nitrogen and oxygen atoms in total. The van der Waals surface area contributed by atoms with Crippen molar-refractivity contribution in [3.8, 4) is 5.75 Å². The molecule has 1 aliphatic heterocycles. The number of methoxy groups -OCH3 is 1. The van der Waals surface area contributed by atoms with Crippen LogP contribution in [0, 0.1) is 0 Å². The van der Waals surface area contributed by atoms with Crippen LogP contribution in [0.25, 0.3) is 6.08 Å². The molecule has 1 aliphatic rings. The highest BCUT2D eigenvalue weighted by Gasteiger charge is 2.21. The molecule has 0 spiro atoms. The number of amides is 1. The molecule has 1 amide bonds. The molecule has 1 aromatic heterocycles. The van der Waals surface area contributed by atoms with E-state index in [4.69, 9.17) is 4.74 Å². The van der Waals surface area contributed by atoms with Crippen LogP contribution in [0.1, 0.15) is 22.1 Å². The third-order valence-corrected chi connectivity index (χ3v) is 6.49. The lowest BCUT2D eigenvalue weighted by atomic mass is 10.2. The Balaban J connectivity index is 1.57. The molecule has 1 saturated heterocycles. The summed E-state index contributed by atoms with van der Waals surface area (Å²) in [6.07, 6.45) is 4.57. The van der Waals surface area contributed by atoms with Crippen LogP contribution in [-0.4, -0.2) is 36.8 Å². The van der Waals surface area contributed by atoms with Gasteiger partial charge in [-0.3, -0.25) is 4.79 Å². The molecule has 24 heavy (non-hydrogen) atoms. The second kappa shape index (κ2) is 8.40. The van der Waals surface area contributed by atoms with E-state index < -0.39 is 0 Å². The van der Waals surface area contributed by atoms with Gasteiger partial charge in [-0.1, -0.05) is 18.2 Å². The van der Waals surface area contributed by atoms with E-state index in [0.29, 0.717) is 5.25 Å². The lowest BCUT2D eigenvalue weighted by Crippen LogP contribution is -2.31. The summed E-state index contributed by atoms with van der Waals surface area (Å²) in [5, 5.41) is 2.65. The van der Waals surface area contributed by atoms with Crippen LogP contribution in [0.5, 0.6) is 5.75 Å². The van der Waals surface area contributed by atoms with Crippen molar-refractivity contribution < 1.29 is 9.53 Å². The molecule has 2 aromatic rings. The summed E-state index contributed by atoms with van der Waals surface area (Å²) in [7, 11) is 1.65. The highest BCUT2D eigenvalue weighted by molar-refractivity contribution is 7.99. The Morgan fingerprint density at radius 2 is 2.08 bits per heavy atom. The Kier molecular flexibility index (Phi) is 5.99. The summed E-state index contributed by atoms with van der Waals surface area (Å²) in [6, 6.07) is 12.0. The van der Waals surface area contributed by atoms with Crippen molar-refractivity contribution in [2.24, 2.45) is 0 Å². The molecule has 1 unspecified atom stereocenters. The van der Waals surface area contributed by atoms with Gasteiger partial charge in [0.2, 0.25) is 5.91 Å². The SMILES string of the molecule is COc1ccc(/C=C/C(=O)N2CCSC(c3cccs3)CC2)cc1. The Hall–Kier alpha value is -1.72. The minimum atomic E-state index is 0.0956. The third kappa shape index (κ3) is 4.42. The molecule has 126 valence electrons. The van der Waals surface area contributed by atoms with E-state index in [1.807, 2.05) is 58.3 Å². The van der Waals surface area contributed by atoms with Crippen LogP contribution in [0.3, 0.4) is 0 Å². The zero-order valence-electron chi connectivity index (χ0n) is 13.7. The van der Waals surface area contributed by atoms with E-state index >= 15 is 0 Å². The molecule has 0 bridgehead atoms. The number of hydrogen-bond donors (Lipinski definition) is 0. The van der Waals surface area contributed by atoms with Crippen LogP contribution >= 0.6 is 23.1 Å². The maximum absolute atomic E-state index is 12.4. The van der Waals surface area contributed by atoms with Gasteiger partial charge in [0.15, 0.2) is 0 Å². The molecule has 1 fully saturated rings. The Morgan fingerprint density at radius 1 is 1.25 bits per heavy atom. The van der Waals surface area contributed by atoms with Gasteiger partial charge < -0.3 is 9.64 Å². The smallest absolute Gasteiger partial charge is 0.246 e. The van der Waals surface area contributed by atoms with Gasteiger partial charge in [0, 0.05) is 35.0 Å². The molecule has 0 radical (unpaired) electrons. The normalized spacial score (nSPS) is 18.5. The highest BCUT2D eigenvalue weighted by Crippen LogP contribution is 2.36. The van der Waals surface area contributed by atoms with Crippen molar-refractivity contribution >= 4 is 35.1 Å². The number of hydrogen-bond acceptors (Lipinski definition) is 4. The Morgan fingerprint density at radius 3 is 2.79 bits per heavy atom. The minimum Gasteiger partial charge on any atom is -0.497 e. The van der Waals surface area contributed by atoms with Crippen molar-refractivity contribution in [1.29, 1.82) is 0 Å². The highest BCUT2D eigenvalue weighted by atomic mass is 32.2. The fourth-order valence-corrected chi connectivity index (χ4v) is 4.92. The average molecular weight is 360 g/mol. The van der Waals surface area contributed by atoms with Gasteiger partial charge in [-0.05, 0) is 41.6 Å². The van der Waals surface area contributed by atoms with E-state index in [0.717, 1.165) is 36.6 Å². The summed E-state index contributed by atoms with van der Waals surface area (Å²) in [4.78, 5) is 15.8. The van der Waals surface area contributed by atoms with Crippen molar-refractivity contribution in [2.45, 2.75) is 11.7 Å². The Labute approximate surface area is 151 Å². The number of ether oxygens (including phenoxy) is 1. The van der Waals surface area contributed by atoms with Gasteiger partial charge in [0.05, 0.1) is 7.11 Å². The number of nitrogens with zero attached hydrogens (tertiary/aromatic N) is 1. The van der Waals surface area contributed by atoms with E-state index in [2.05, 4.69) is 17.5 Å². The lowest BCUT2D eigenvalue weighted by molar-refractivity contribution is -0.125. The minimum absolute atomic E-state index is 0.0956. The topological polar surface area (TPSA) is 29.5 Å². The zero-order valence-corrected chi connectivity index (χ0v) is 15.3. The predicted octanol–water partition coefficient (Wildman–Crippen LogP) is 4.48. The van der Waals surface area contributed by atoms with Gasteiger partial charge in [0.1, 0.15) is 5.75 Å². The summed E-state index contributed by atoms with van der Waals surface area (Å²) in [5.74, 6) is 1.91. The number of thiophene rings is 1. The van der Waals surface area contributed by atoms with Crippen molar-refractivity contribution in [2.75, 3.05) is 26.0 Å². The van der Waals surface area contributed by atoms with E-state index in [1.165, 1.54) is 4.88 Å². The molecular weight excluding hydrogens is 338 g/mol. The van der Waals surface area contributed by atoms with Crippen molar-refractivity contribution in [1.82, 2.24) is 4.90 Å². The van der Waals surface area contributed by atoms with Crippen LogP contribution in [0.2, 0.25) is 0 Å². The molecule has 1 atom stereocenters. The van der Waals surface area contributed by atoms with Gasteiger partial charge in [-0.15, -0.1) is 11.3 Å². The monoisotopic (exact) mass is 359 g/mol. The summed E-state index contributed by atoms with van der Waals surface area (Å²) >= 11 is 3.77. The third-order valence-electron chi connectivity index (χ3n) is 4.05. The summed E-state index contributed by atoms with van der Waals surface area (Å²) in [6.45, 7) is 1.64. The maximum Gasteiger partial charge on any atom is 0.246 e. The van der Waals surface area contributed by atoms with Crippen LogP contribution in [0.15, 0.2) is 47.9 Å². The maximum atomic E-state index is 12.4. The number of carbonyl (C=O) groups excluding carboxylic acids is 1. The molecule has 1 aromatic carbocycles. The van der Waals surface area contributed by atoms with Gasteiger partial charge in [0.25, 0.3) is 0 Å². The second-order valence-corrected chi connectivity index (χ2v) is 7.89. The average Bonchev–Trinajstić information content (AvgIpc) is 3.04. The molecule has 0 saturated carbocycles. The summed E-state index contributed by atoms with van der Waals surface area (Å²) in [5.41, 5.74) is 1.00. The lowest BCUT2D eigenvalue weighted by Gasteiger charge is -2.18. The van der Waals surface area contributed by atoms with Crippen molar-refractivity contribution in [3.05, 3.63) is 58.3 Å². The number of rotatable bonds is 4. The largest absolute Gasteiger partial charge is 0.497 e. The zero-order chi connectivity index (χ0) is 16.8. The van der Waals surface area contributed by atoms with E-state index in [1.54, 1.807) is 13.2 Å². The molecule has 5 heteroatoms. The number of benzene rings is 1. The first kappa shape index (κ1) is 17.1. The second-order valence-electron chi connectivity index (χ2n) is 5.60. The molecular formula is C19H21NO2S2. The van der Waals surface area contributed by atoms with Crippen molar-refractivity contribution in [3.63, 3.8) is 0 Å². The van der Waals surface area contributed by atoms with E-state index in [-0.39, 0.29) is 5.91 Å². The first-order valence-electron chi connectivity index (χ1n) is 8.02. The Bertz CT molecular complexity index is 680. The quantitative estimate of drug-likeness (QED) is 0.754. The number of thioether (sulfide) groups is 1. The standard InChI is InChI=1S/C19H21NO2S2/c1-22-16-7-4-15(5-8-16)6-9-19(21)20-11-10-18(24-14-12-20)17-3-2-13-23-17/h2-9,13,18H,10-12,14H2,1H3/b9-6+. The summed E-state index contributed by atoms with van der Waals surface area (Å²) < 4.78 is 5.14. The van der Waals surface area contributed by atoms with Crippen LogP contribution in [-0.2, 0) is 4.79 Å².